The van der Waals surface area contributed by atoms with E-state index < -0.39 is 5.97 Å². The van der Waals surface area contributed by atoms with Gasteiger partial charge in [0.2, 0.25) is 0 Å². The molecule has 2 rings (SSSR count). The molecule has 0 aliphatic rings. The van der Waals surface area contributed by atoms with Gasteiger partial charge in [-0.3, -0.25) is 0 Å². The van der Waals surface area contributed by atoms with Crippen LogP contribution in [0.1, 0.15) is 61.8 Å². The van der Waals surface area contributed by atoms with Crippen molar-refractivity contribution in [1.29, 1.82) is 0 Å². The number of carboxylic acids is 1. The van der Waals surface area contributed by atoms with Gasteiger partial charge in [0.15, 0.2) is 0 Å². The average molecular weight is 274 g/mol. The number of carboxylic acid groups (broad SMARTS) is 1. The molecule has 0 radical (unpaired) electrons. The minimum Gasteiger partial charge on any atom is -0.478 e. The van der Waals surface area contributed by atoms with Crippen molar-refractivity contribution in [3.63, 3.8) is 0 Å². The number of benzene rings is 1. The number of fused-ring (bicyclic) bond motifs is 1. The zero-order valence-corrected chi connectivity index (χ0v) is 12.4. The average Bonchev–Trinajstić information content (AvgIpc) is 2.74. The van der Waals surface area contributed by atoms with Crippen molar-refractivity contribution in [3.8, 4) is 0 Å². The minimum absolute atomic E-state index is 0.270. The van der Waals surface area contributed by atoms with Gasteiger partial charge in [-0.15, -0.1) is 0 Å². The van der Waals surface area contributed by atoms with Crippen LogP contribution in [-0.4, -0.2) is 20.6 Å². The third-order valence-corrected chi connectivity index (χ3v) is 3.78. The van der Waals surface area contributed by atoms with Crippen molar-refractivity contribution in [3.05, 3.63) is 29.6 Å². The Morgan fingerprint density at radius 2 is 2.15 bits per heavy atom. The van der Waals surface area contributed by atoms with Crippen LogP contribution in [0.15, 0.2) is 18.2 Å². The lowest BCUT2D eigenvalue weighted by Crippen LogP contribution is -2.10. The predicted molar refractivity (Wildman–Crippen MR) is 80.3 cm³/mol. The highest BCUT2D eigenvalue weighted by Crippen LogP contribution is 2.27. The molecule has 0 saturated heterocycles. The van der Waals surface area contributed by atoms with Gasteiger partial charge in [-0.1, -0.05) is 32.3 Å². The molecule has 0 amide bonds. The smallest absolute Gasteiger partial charge is 0.337 e. The number of aromatic nitrogens is 2. The van der Waals surface area contributed by atoms with Crippen molar-refractivity contribution in [2.45, 2.75) is 52.5 Å². The Balaban J connectivity index is 2.46. The second-order valence-corrected chi connectivity index (χ2v) is 5.35. The van der Waals surface area contributed by atoms with Crippen molar-refractivity contribution < 1.29 is 9.90 Å². The number of para-hydroxylation sites is 1. The van der Waals surface area contributed by atoms with Crippen LogP contribution in [0.3, 0.4) is 0 Å². The molecule has 0 saturated carbocycles. The molecule has 4 nitrogen and oxygen atoms in total. The number of aryl methyl sites for hydroxylation is 1. The van der Waals surface area contributed by atoms with E-state index in [0.717, 1.165) is 29.7 Å². The van der Waals surface area contributed by atoms with Gasteiger partial charge in [-0.05, 0) is 32.4 Å². The molecule has 4 heteroatoms. The van der Waals surface area contributed by atoms with Gasteiger partial charge >= 0.3 is 5.97 Å². The fraction of sp³-hybridized carbons (Fsp3) is 0.500. The SMILES string of the molecule is CCCCCC(C)n1c(C)nc2cccc(C(=O)O)c21. The minimum atomic E-state index is -0.891. The number of unbranched alkanes of at least 4 members (excludes halogenated alkanes) is 2. The lowest BCUT2D eigenvalue weighted by molar-refractivity contribution is 0.0698. The second kappa shape index (κ2) is 6.07. The molecule has 1 unspecified atom stereocenters. The lowest BCUT2D eigenvalue weighted by atomic mass is 10.1. The summed E-state index contributed by atoms with van der Waals surface area (Å²) < 4.78 is 2.08. The van der Waals surface area contributed by atoms with Crippen LogP contribution < -0.4 is 0 Å². The third-order valence-electron chi connectivity index (χ3n) is 3.78. The number of hydrogen-bond acceptors (Lipinski definition) is 2. The highest BCUT2D eigenvalue weighted by molar-refractivity contribution is 6.01. The number of rotatable bonds is 6. The van der Waals surface area contributed by atoms with Crippen LogP contribution in [-0.2, 0) is 0 Å². The molecule has 1 atom stereocenters. The molecule has 1 N–H and O–H groups in total. The molecule has 2 aromatic rings. The van der Waals surface area contributed by atoms with Crippen molar-refractivity contribution in [2.24, 2.45) is 0 Å². The van der Waals surface area contributed by atoms with Crippen LogP contribution in [0.2, 0.25) is 0 Å². The van der Waals surface area contributed by atoms with Crippen molar-refractivity contribution in [2.75, 3.05) is 0 Å². The summed E-state index contributed by atoms with van der Waals surface area (Å²) >= 11 is 0. The van der Waals surface area contributed by atoms with E-state index >= 15 is 0 Å². The van der Waals surface area contributed by atoms with E-state index in [0.29, 0.717) is 5.56 Å². The number of aromatic carboxylic acids is 1. The Hall–Kier alpha value is -1.84. The van der Waals surface area contributed by atoms with Crippen molar-refractivity contribution in [1.82, 2.24) is 9.55 Å². The molecule has 20 heavy (non-hydrogen) atoms. The Morgan fingerprint density at radius 3 is 2.80 bits per heavy atom. The Kier molecular flexibility index (Phi) is 4.42. The van der Waals surface area contributed by atoms with Crippen LogP contribution in [0, 0.1) is 6.92 Å². The summed E-state index contributed by atoms with van der Waals surface area (Å²) in [5.74, 6) is -0.00444. The summed E-state index contributed by atoms with van der Waals surface area (Å²) in [5.41, 5.74) is 1.86. The zero-order chi connectivity index (χ0) is 14.7. The predicted octanol–water partition coefficient (Wildman–Crippen LogP) is 4.18. The molecular weight excluding hydrogens is 252 g/mol. The molecule has 0 aliphatic heterocycles. The number of nitrogens with zero attached hydrogens (tertiary/aromatic N) is 2. The number of hydrogen-bond donors (Lipinski definition) is 1. The molecule has 0 aliphatic carbocycles. The fourth-order valence-electron chi connectivity index (χ4n) is 2.80. The molecule has 0 bridgehead atoms. The highest BCUT2D eigenvalue weighted by Gasteiger charge is 2.18. The van der Waals surface area contributed by atoms with E-state index in [1.165, 1.54) is 12.8 Å². The van der Waals surface area contributed by atoms with Gasteiger partial charge in [-0.25, -0.2) is 9.78 Å². The fourth-order valence-corrected chi connectivity index (χ4v) is 2.80. The largest absolute Gasteiger partial charge is 0.478 e. The molecule has 1 aromatic heterocycles. The molecule has 108 valence electrons. The van der Waals surface area contributed by atoms with E-state index in [-0.39, 0.29) is 6.04 Å². The first kappa shape index (κ1) is 14.6. The normalized spacial score (nSPS) is 12.8. The monoisotopic (exact) mass is 274 g/mol. The first-order valence-corrected chi connectivity index (χ1v) is 7.27. The summed E-state index contributed by atoms with van der Waals surface area (Å²) in [6.07, 6.45) is 4.61. The maximum atomic E-state index is 11.4. The Labute approximate surface area is 119 Å². The quantitative estimate of drug-likeness (QED) is 0.804. The van der Waals surface area contributed by atoms with Gasteiger partial charge in [0.25, 0.3) is 0 Å². The summed E-state index contributed by atoms with van der Waals surface area (Å²) in [7, 11) is 0. The first-order chi connectivity index (χ1) is 9.56. The van der Waals surface area contributed by atoms with E-state index in [4.69, 9.17) is 0 Å². The Bertz CT molecular complexity index is 616. The van der Waals surface area contributed by atoms with Gasteiger partial charge < -0.3 is 9.67 Å². The van der Waals surface area contributed by atoms with Crippen LogP contribution in [0.25, 0.3) is 11.0 Å². The van der Waals surface area contributed by atoms with Crippen LogP contribution in [0.5, 0.6) is 0 Å². The van der Waals surface area contributed by atoms with E-state index in [1.54, 1.807) is 12.1 Å². The number of carbonyl (C=O) groups is 1. The van der Waals surface area contributed by atoms with Gasteiger partial charge in [0, 0.05) is 6.04 Å². The third kappa shape index (κ3) is 2.69. The molecule has 1 heterocycles. The summed E-state index contributed by atoms with van der Waals surface area (Å²) in [5, 5.41) is 9.37. The zero-order valence-electron chi connectivity index (χ0n) is 12.4. The summed E-state index contributed by atoms with van der Waals surface area (Å²) in [6, 6.07) is 5.56. The second-order valence-electron chi connectivity index (χ2n) is 5.35. The number of imidazole rings is 1. The van der Waals surface area contributed by atoms with Crippen LogP contribution in [0.4, 0.5) is 0 Å². The highest BCUT2D eigenvalue weighted by atomic mass is 16.4. The molecule has 1 aromatic carbocycles. The topological polar surface area (TPSA) is 55.1 Å². The summed E-state index contributed by atoms with van der Waals surface area (Å²) in [4.78, 5) is 15.9. The Morgan fingerprint density at radius 1 is 1.40 bits per heavy atom. The van der Waals surface area contributed by atoms with E-state index in [1.807, 2.05) is 13.0 Å². The van der Waals surface area contributed by atoms with Crippen molar-refractivity contribution >= 4 is 17.0 Å². The first-order valence-electron chi connectivity index (χ1n) is 7.27. The lowest BCUT2D eigenvalue weighted by Gasteiger charge is -2.17. The van der Waals surface area contributed by atoms with Crippen LogP contribution >= 0.6 is 0 Å². The van der Waals surface area contributed by atoms with E-state index in [9.17, 15) is 9.90 Å². The standard InChI is InChI=1S/C16H22N2O2/c1-4-5-6-8-11(2)18-12(3)17-14-10-7-9-13(15(14)18)16(19)20/h7,9-11H,4-6,8H2,1-3H3,(H,19,20). The molecular formula is C16H22N2O2. The van der Waals surface area contributed by atoms with E-state index in [2.05, 4.69) is 23.4 Å². The molecule has 0 fully saturated rings. The van der Waals surface area contributed by atoms with Gasteiger partial charge in [-0.2, -0.15) is 0 Å². The summed E-state index contributed by atoms with van der Waals surface area (Å²) in [6.45, 7) is 6.27. The van der Waals surface area contributed by atoms with Gasteiger partial charge in [0.05, 0.1) is 16.6 Å². The van der Waals surface area contributed by atoms with Gasteiger partial charge in [0.1, 0.15) is 5.82 Å². The maximum absolute atomic E-state index is 11.4. The molecule has 0 spiro atoms. The maximum Gasteiger partial charge on any atom is 0.337 e.